The van der Waals surface area contributed by atoms with Crippen molar-refractivity contribution in [1.29, 1.82) is 0 Å². The Labute approximate surface area is 496 Å². The third-order valence-electron chi connectivity index (χ3n) is 15.1. The van der Waals surface area contributed by atoms with E-state index in [1.54, 1.807) is 12.1 Å². The number of nitrogens with zero attached hydrogens (tertiary/aromatic N) is 2. The number of rotatable bonds is 14. The molecule has 10 rings (SSSR count). The number of benzene rings is 8. The summed E-state index contributed by atoms with van der Waals surface area (Å²) in [6.07, 6.45) is 0. The second kappa shape index (κ2) is 24.8. The minimum atomic E-state index is -0.935. The van der Waals surface area contributed by atoms with Crippen LogP contribution in [0.3, 0.4) is 0 Å². The van der Waals surface area contributed by atoms with Gasteiger partial charge in [-0.3, -0.25) is 9.59 Å². The van der Waals surface area contributed by atoms with Gasteiger partial charge >= 0.3 is 11.9 Å². The van der Waals surface area contributed by atoms with Gasteiger partial charge in [-0.25, -0.2) is 9.59 Å². The highest BCUT2D eigenvalue weighted by Gasteiger charge is 2.22. The summed E-state index contributed by atoms with van der Waals surface area (Å²) >= 11 is 7.00. The summed E-state index contributed by atoms with van der Waals surface area (Å²) in [6, 6.07) is 58.5. The fourth-order valence-electron chi connectivity index (χ4n) is 10.4. The number of carboxylic acids is 1. The molecule has 0 spiro atoms. The summed E-state index contributed by atoms with van der Waals surface area (Å²) in [5, 5.41) is 17.9. The number of carboxylic acid groups (broad SMARTS) is 1. The fraction of sp³-hybridized carbons (Fsp3) is 0.200. The van der Waals surface area contributed by atoms with Crippen LogP contribution in [-0.4, -0.2) is 43.6 Å². The van der Waals surface area contributed by atoms with Gasteiger partial charge < -0.3 is 29.6 Å². The molecule has 2 aromatic heterocycles. The van der Waals surface area contributed by atoms with Crippen LogP contribution in [0.1, 0.15) is 133 Å². The molecule has 0 fully saturated rings. The van der Waals surface area contributed by atoms with Gasteiger partial charge in [0.15, 0.2) is 0 Å². The van der Waals surface area contributed by atoms with Crippen molar-refractivity contribution >= 4 is 77.4 Å². The quantitative estimate of drug-likeness (QED) is 0.0930. The van der Waals surface area contributed by atoms with E-state index in [1.165, 1.54) is 0 Å². The number of carbonyl (C=O) groups excluding carboxylic acids is 3. The van der Waals surface area contributed by atoms with Crippen LogP contribution >= 0.6 is 31.9 Å². The van der Waals surface area contributed by atoms with Gasteiger partial charge in [-0.05, 0) is 191 Å². The van der Waals surface area contributed by atoms with E-state index in [2.05, 4.69) is 104 Å². The van der Waals surface area contributed by atoms with Gasteiger partial charge in [0, 0.05) is 66.4 Å². The number of hydrogen-bond acceptors (Lipinski definition) is 5. The van der Waals surface area contributed by atoms with Crippen LogP contribution in [0.15, 0.2) is 191 Å². The standard InChI is InChI=1S/C37H37BrN2O3.C33H29BrN2O3/c1-23-25(3)40(34-19-18-29(21-33(23)34)35(41)39-24(2)28-10-9-11-30(38)20-28)22-26-14-16-27(17-15-26)31-12-7-8-13-32(31)36(42)43-37(4,5)6;1-20-22(3)36(19-23-11-13-24(14-12-23)28-9-4-5-10-29(28)33(38)39)31-16-15-26(18-30(20)31)32(37)35-21(2)25-7-6-8-27(34)17-25/h7-21,24H,22H2,1-6H3,(H,39,41);4-18,21H,19H2,1-3H3,(H,35,37)(H,38,39)/t24-;21-/m00/s1. The van der Waals surface area contributed by atoms with Gasteiger partial charge in [0.05, 0.1) is 23.2 Å². The number of ether oxygens (including phenoxy) is 1. The smallest absolute Gasteiger partial charge is 0.339 e. The molecular formula is C70H66Br2N4O6. The van der Waals surface area contributed by atoms with Crippen molar-refractivity contribution in [3.63, 3.8) is 0 Å². The summed E-state index contributed by atoms with van der Waals surface area (Å²) in [5.41, 5.74) is 16.0. The molecule has 8 aromatic carbocycles. The molecule has 2 heterocycles. The van der Waals surface area contributed by atoms with Crippen molar-refractivity contribution in [2.45, 2.75) is 93.1 Å². The zero-order valence-corrected chi connectivity index (χ0v) is 50.7. The predicted octanol–water partition coefficient (Wildman–Crippen LogP) is 17.1. The highest BCUT2D eigenvalue weighted by Crippen LogP contribution is 2.33. The molecule has 0 aliphatic rings. The molecule has 0 aliphatic carbocycles. The normalized spacial score (nSPS) is 12.1. The molecule has 0 bridgehead atoms. The Balaban J connectivity index is 0.000000198. The molecule has 82 heavy (non-hydrogen) atoms. The maximum absolute atomic E-state index is 13.2. The zero-order chi connectivity index (χ0) is 58.6. The number of fused-ring (bicyclic) bond motifs is 2. The summed E-state index contributed by atoms with van der Waals surface area (Å²) in [6.45, 7) is 19.4. The van der Waals surface area contributed by atoms with E-state index in [4.69, 9.17) is 4.74 Å². The minimum Gasteiger partial charge on any atom is -0.478 e. The van der Waals surface area contributed by atoms with Gasteiger partial charge in [0.25, 0.3) is 11.8 Å². The molecule has 416 valence electrons. The van der Waals surface area contributed by atoms with Crippen molar-refractivity contribution in [3.05, 3.63) is 258 Å². The van der Waals surface area contributed by atoms with Crippen LogP contribution in [0.25, 0.3) is 44.1 Å². The van der Waals surface area contributed by atoms with Gasteiger partial charge in [-0.1, -0.05) is 141 Å². The molecule has 0 saturated heterocycles. The third-order valence-corrected chi connectivity index (χ3v) is 16.1. The van der Waals surface area contributed by atoms with Crippen molar-refractivity contribution in [1.82, 2.24) is 19.8 Å². The van der Waals surface area contributed by atoms with E-state index in [0.717, 1.165) is 92.2 Å². The van der Waals surface area contributed by atoms with Crippen LogP contribution in [-0.2, 0) is 17.8 Å². The van der Waals surface area contributed by atoms with E-state index in [0.29, 0.717) is 40.9 Å². The number of carbonyl (C=O) groups is 4. The number of amides is 2. The maximum atomic E-state index is 13.2. The van der Waals surface area contributed by atoms with Crippen LogP contribution in [0.2, 0.25) is 0 Å². The average molecular weight is 1220 g/mol. The first-order chi connectivity index (χ1) is 39.1. The van der Waals surface area contributed by atoms with Crippen LogP contribution < -0.4 is 10.6 Å². The number of aromatic carboxylic acids is 1. The predicted molar refractivity (Wildman–Crippen MR) is 337 cm³/mol. The second-order valence-corrected chi connectivity index (χ2v) is 23.7. The minimum absolute atomic E-state index is 0.0959. The molecule has 2 amide bonds. The largest absolute Gasteiger partial charge is 0.478 e. The lowest BCUT2D eigenvalue weighted by atomic mass is 9.98. The Morgan fingerprint density at radius 2 is 0.915 bits per heavy atom. The number of aromatic nitrogens is 2. The molecule has 0 radical (unpaired) electrons. The number of aryl methyl sites for hydroxylation is 2. The van der Waals surface area contributed by atoms with Crippen LogP contribution in [0.4, 0.5) is 0 Å². The molecule has 0 saturated carbocycles. The number of esters is 1. The van der Waals surface area contributed by atoms with Crippen LogP contribution in [0.5, 0.6) is 0 Å². The molecule has 2 atom stereocenters. The lowest BCUT2D eigenvalue weighted by Crippen LogP contribution is -2.26. The monoisotopic (exact) mass is 1220 g/mol. The highest BCUT2D eigenvalue weighted by molar-refractivity contribution is 9.10. The van der Waals surface area contributed by atoms with E-state index in [-0.39, 0.29) is 29.9 Å². The second-order valence-electron chi connectivity index (χ2n) is 21.8. The Morgan fingerprint density at radius 1 is 0.512 bits per heavy atom. The van der Waals surface area contributed by atoms with E-state index in [9.17, 15) is 24.3 Å². The zero-order valence-electron chi connectivity index (χ0n) is 47.5. The number of halogens is 2. The topological polar surface area (TPSA) is 132 Å². The fourth-order valence-corrected chi connectivity index (χ4v) is 11.2. The van der Waals surface area contributed by atoms with E-state index in [1.807, 2.05) is 180 Å². The summed E-state index contributed by atoms with van der Waals surface area (Å²) < 4.78 is 12.2. The summed E-state index contributed by atoms with van der Waals surface area (Å²) in [4.78, 5) is 50.8. The van der Waals surface area contributed by atoms with Crippen molar-refractivity contribution in [2.24, 2.45) is 0 Å². The maximum Gasteiger partial charge on any atom is 0.339 e. The Hall–Kier alpha value is -8.32. The molecule has 0 aliphatic heterocycles. The molecule has 10 aromatic rings. The van der Waals surface area contributed by atoms with Gasteiger partial charge in [-0.15, -0.1) is 0 Å². The lowest BCUT2D eigenvalue weighted by Gasteiger charge is -2.20. The molecule has 0 unspecified atom stereocenters. The first-order valence-electron chi connectivity index (χ1n) is 27.3. The van der Waals surface area contributed by atoms with Crippen molar-refractivity contribution in [2.75, 3.05) is 0 Å². The summed E-state index contributed by atoms with van der Waals surface area (Å²) in [7, 11) is 0. The van der Waals surface area contributed by atoms with Crippen LogP contribution in [0, 0.1) is 27.7 Å². The number of hydrogen-bond donors (Lipinski definition) is 3. The van der Waals surface area contributed by atoms with E-state index < -0.39 is 11.6 Å². The molecular weight excluding hydrogens is 1150 g/mol. The Bertz CT molecular complexity index is 4040. The highest BCUT2D eigenvalue weighted by atomic mass is 79.9. The van der Waals surface area contributed by atoms with Crippen molar-refractivity contribution in [3.8, 4) is 22.3 Å². The molecule has 12 heteroatoms. The van der Waals surface area contributed by atoms with Gasteiger partial charge in [0.1, 0.15) is 5.60 Å². The van der Waals surface area contributed by atoms with Crippen molar-refractivity contribution < 1.29 is 29.0 Å². The van der Waals surface area contributed by atoms with Gasteiger partial charge in [-0.2, -0.15) is 0 Å². The van der Waals surface area contributed by atoms with E-state index >= 15 is 0 Å². The SMILES string of the molecule is Cc1c(C)n(Cc2ccc(-c3ccccc3C(=O)O)cc2)c2ccc(C(=O)N[C@@H](C)c3cccc(Br)c3)cc12.Cc1c(C)n(Cc2ccc(-c3ccccc3C(=O)OC(C)(C)C)cc2)c2ccc(C(=O)N[C@@H](C)c3cccc(Br)c3)cc12. The molecule has 3 N–H and O–H groups in total. The number of nitrogens with one attached hydrogen (secondary N) is 2. The Kier molecular flexibility index (Phi) is 17.7. The average Bonchev–Trinajstić information content (AvgIpc) is 3.67. The first-order valence-corrected chi connectivity index (χ1v) is 28.9. The van der Waals surface area contributed by atoms with Gasteiger partial charge in [0.2, 0.25) is 0 Å². The molecule has 10 nitrogen and oxygen atoms in total. The lowest BCUT2D eigenvalue weighted by molar-refractivity contribution is 0.00699. The Morgan fingerprint density at radius 3 is 1.32 bits per heavy atom. The third kappa shape index (κ3) is 13.2. The summed E-state index contributed by atoms with van der Waals surface area (Å²) in [5.74, 6) is -1.46. The first kappa shape index (κ1) is 58.3.